The van der Waals surface area contributed by atoms with Gasteiger partial charge in [0.2, 0.25) is 5.91 Å². The Bertz CT molecular complexity index is 183. The Morgan fingerprint density at radius 3 is 2.33 bits per heavy atom. The van der Waals surface area contributed by atoms with Gasteiger partial charge < -0.3 is 5.32 Å². The first-order valence-electron chi connectivity index (χ1n) is 4.00. The fourth-order valence-corrected chi connectivity index (χ4v) is 0.932. The molecular formula is C9H17NOS. The third-order valence-electron chi connectivity index (χ3n) is 1.68. The summed E-state index contributed by atoms with van der Waals surface area (Å²) in [7, 11) is 0. The van der Waals surface area contributed by atoms with E-state index in [1.54, 1.807) is 11.8 Å². The summed E-state index contributed by atoms with van der Waals surface area (Å²) >= 11 is 1.73. The molecule has 0 unspecified atom stereocenters. The number of carbonyl (C=O) groups excluding carboxylic acids is 1. The fraction of sp³-hybridized carbons (Fsp3) is 0.667. The quantitative estimate of drug-likeness (QED) is 0.537. The van der Waals surface area contributed by atoms with Gasteiger partial charge in [-0.25, -0.2) is 0 Å². The standard InChI is InChI=1S/C9H17NOS/c1-7(2)8(3)9(11)10-5-6-12-4/h5-6H2,1-4H3,(H,10,11). The maximum Gasteiger partial charge on any atom is 0.246 e. The predicted molar refractivity (Wildman–Crippen MR) is 55.4 cm³/mol. The minimum atomic E-state index is 0.0593. The molecule has 0 aromatic heterocycles. The van der Waals surface area contributed by atoms with Gasteiger partial charge in [-0.3, -0.25) is 4.79 Å². The van der Waals surface area contributed by atoms with E-state index in [4.69, 9.17) is 0 Å². The molecule has 0 bridgehead atoms. The van der Waals surface area contributed by atoms with Crippen LogP contribution in [-0.4, -0.2) is 24.5 Å². The molecule has 0 fully saturated rings. The molecule has 0 rings (SSSR count). The van der Waals surface area contributed by atoms with Crippen molar-refractivity contribution in [2.24, 2.45) is 0 Å². The molecular weight excluding hydrogens is 170 g/mol. The van der Waals surface area contributed by atoms with E-state index in [2.05, 4.69) is 5.32 Å². The highest BCUT2D eigenvalue weighted by atomic mass is 32.2. The number of amides is 1. The Kier molecular flexibility index (Phi) is 5.89. The lowest BCUT2D eigenvalue weighted by Crippen LogP contribution is -2.26. The first-order valence-corrected chi connectivity index (χ1v) is 5.40. The van der Waals surface area contributed by atoms with E-state index >= 15 is 0 Å². The Hall–Kier alpha value is -0.440. The van der Waals surface area contributed by atoms with Crippen molar-refractivity contribution in [3.8, 4) is 0 Å². The maximum atomic E-state index is 11.3. The normalized spacial score (nSPS) is 9.33. The lowest BCUT2D eigenvalue weighted by Gasteiger charge is -2.05. The predicted octanol–water partition coefficient (Wildman–Crippen LogP) is 1.82. The van der Waals surface area contributed by atoms with Crippen LogP contribution in [0.5, 0.6) is 0 Å². The third kappa shape index (κ3) is 4.44. The molecule has 0 aromatic carbocycles. The van der Waals surface area contributed by atoms with Crippen LogP contribution in [0.1, 0.15) is 20.8 Å². The molecule has 2 nitrogen and oxygen atoms in total. The average Bonchev–Trinajstić information content (AvgIpc) is 2.03. The zero-order valence-electron chi connectivity index (χ0n) is 8.23. The molecule has 0 aromatic rings. The van der Waals surface area contributed by atoms with Gasteiger partial charge in [-0.1, -0.05) is 5.57 Å². The summed E-state index contributed by atoms with van der Waals surface area (Å²) in [5.74, 6) is 1.03. The van der Waals surface area contributed by atoms with Crippen LogP contribution in [0, 0.1) is 0 Å². The van der Waals surface area contributed by atoms with Gasteiger partial charge in [0.05, 0.1) is 0 Å². The van der Waals surface area contributed by atoms with Crippen molar-refractivity contribution < 1.29 is 4.79 Å². The number of thioether (sulfide) groups is 1. The van der Waals surface area contributed by atoms with Crippen LogP contribution in [0.4, 0.5) is 0 Å². The Balaban J connectivity index is 3.81. The highest BCUT2D eigenvalue weighted by Crippen LogP contribution is 2.01. The van der Waals surface area contributed by atoms with E-state index in [1.165, 1.54) is 0 Å². The zero-order chi connectivity index (χ0) is 9.56. The van der Waals surface area contributed by atoms with E-state index in [9.17, 15) is 4.79 Å². The topological polar surface area (TPSA) is 29.1 Å². The monoisotopic (exact) mass is 187 g/mol. The largest absolute Gasteiger partial charge is 0.351 e. The molecule has 0 radical (unpaired) electrons. The van der Waals surface area contributed by atoms with Crippen molar-refractivity contribution in [2.45, 2.75) is 20.8 Å². The summed E-state index contributed by atoms with van der Waals surface area (Å²) in [4.78, 5) is 11.3. The van der Waals surface area contributed by atoms with Crippen molar-refractivity contribution in [1.82, 2.24) is 5.32 Å². The summed E-state index contributed by atoms with van der Waals surface area (Å²) in [6.45, 7) is 6.50. The molecule has 0 aliphatic rings. The number of allylic oxidation sites excluding steroid dienone is 1. The molecule has 0 spiro atoms. The maximum absolute atomic E-state index is 11.3. The van der Waals surface area contributed by atoms with Crippen LogP contribution < -0.4 is 5.32 Å². The molecule has 0 saturated carbocycles. The van der Waals surface area contributed by atoms with E-state index in [-0.39, 0.29) is 5.91 Å². The lowest BCUT2D eigenvalue weighted by molar-refractivity contribution is -0.117. The average molecular weight is 187 g/mol. The van der Waals surface area contributed by atoms with Crippen molar-refractivity contribution in [2.75, 3.05) is 18.6 Å². The summed E-state index contributed by atoms with van der Waals surface area (Å²) in [5.41, 5.74) is 1.91. The lowest BCUT2D eigenvalue weighted by atomic mass is 10.2. The van der Waals surface area contributed by atoms with Crippen LogP contribution in [-0.2, 0) is 4.79 Å². The number of nitrogens with one attached hydrogen (secondary N) is 1. The van der Waals surface area contributed by atoms with E-state index in [0.717, 1.165) is 23.4 Å². The smallest absolute Gasteiger partial charge is 0.246 e. The summed E-state index contributed by atoms with van der Waals surface area (Å²) in [6.07, 6.45) is 2.03. The van der Waals surface area contributed by atoms with Crippen LogP contribution in [0.15, 0.2) is 11.1 Å². The minimum Gasteiger partial charge on any atom is -0.351 e. The van der Waals surface area contributed by atoms with E-state index < -0.39 is 0 Å². The number of hydrogen-bond acceptors (Lipinski definition) is 2. The van der Waals surface area contributed by atoms with Gasteiger partial charge in [0.25, 0.3) is 0 Å². The summed E-state index contributed by atoms with van der Waals surface area (Å²) < 4.78 is 0. The van der Waals surface area contributed by atoms with Crippen LogP contribution in [0.25, 0.3) is 0 Å². The van der Waals surface area contributed by atoms with Crippen molar-refractivity contribution in [3.05, 3.63) is 11.1 Å². The first kappa shape index (κ1) is 11.6. The Morgan fingerprint density at radius 1 is 1.33 bits per heavy atom. The van der Waals surface area contributed by atoms with Crippen LogP contribution in [0.2, 0.25) is 0 Å². The van der Waals surface area contributed by atoms with Crippen LogP contribution in [0.3, 0.4) is 0 Å². The fourth-order valence-electron chi connectivity index (χ4n) is 0.626. The second-order valence-corrected chi connectivity index (χ2v) is 3.86. The molecule has 1 amide bonds. The van der Waals surface area contributed by atoms with E-state index in [0.29, 0.717) is 0 Å². The van der Waals surface area contributed by atoms with Gasteiger partial charge in [-0.05, 0) is 27.0 Å². The van der Waals surface area contributed by atoms with E-state index in [1.807, 2.05) is 27.0 Å². The number of rotatable bonds is 4. The van der Waals surface area contributed by atoms with Gasteiger partial charge in [0, 0.05) is 17.9 Å². The van der Waals surface area contributed by atoms with Gasteiger partial charge in [-0.2, -0.15) is 11.8 Å². The van der Waals surface area contributed by atoms with Gasteiger partial charge in [0.1, 0.15) is 0 Å². The minimum absolute atomic E-state index is 0.0593. The second-order valence-electron chi connectivity index (χ2n) is 2.87. The molecule has 0 heterocycles. The molecule has 0 saturated heterocycles. The van der Waals surface area contributed by atoms with Crippen molar-refractivity contribution in [1.29, 1.82) is 0 Å². The van der Waals surface area contributed by atoms with Crippen molar-refractivity contribution >= 4 is 17.7 Å². The molecule has 0 aliphatic carbocycles. The molecule has 1 N–H and O–H groups in total. The highest BCUT2D eigenvalue weighted by molar-refractivity contribution is 7.98. The van der Waals surface area contributed by atoms with Gasteiger partial charge in [0.15, 0.2) is 0 Å². The molecule has 0 atom stereocenters. The van der Waals surface area contributed by atoms with Gasteiger partial charge in [-0.15, -0.1) is 0 Å². The van der Waals surface area contributed by atoms with Gasteiger partial charge >= 0.3 is 0 Å². The van der Waals surface area contributed by atoms with Crippen LogP contribution >= 0.6 is 11.8 Å². The number of carbonyl (C=O) groups is 1. The molecule has 3 heteroatoms. The zero-order valence-corrected chi connectivity index (χ0v) is 9.05. The highest BCUT2D eigenvalue weighted by Gasteiger charge is 2.03. The summed E-state index contributed by atoms with van der Waals surface area (Å²) in [5, 5.41) is 2.85. The molecule has 12 heavy (non-hydrogen) atoms. The van der Waals surface area contributed by atoms with Crippen molar-refractivity contribution in [3.63, 3.8) is 0 Å². The third-order valence-corrected chi connectivity index (χ3v) is 2.29. The Morgan fingerprint density at radius 2 is 1.92 bits per heavy atom. The second kappa shape index (κ2) is 6.12. The SMILES string of the molecule is CSCCNC(=O)C(C)=C(C)C. The molecule has 70 valence electrons. The summed E-state index contributed by atoms with van der Waals surface area (Å²) in [6, 6.07) is 0. The first-order chi connectivity index (χ1) is 5.59. The Labute approximate surface area is 78.8 Å². The number of hydrogen-bond donors (Lipinski definition) is 1. The molecule has 0 aliphatic heterocycles.